The summed E-state index contributed by atoms with van der Waals surface area (Å²) in [5, 5.41) is 2.96. The van der Waals surface area contributed by atoms with Gasteiger partial charge in [-0.25, -0.2) is 8.42 Å². The summed E-state index contributed by atoms with van der Waals surface area (Å²) in [5.41, 5.74) is 3.64. The molecule has 0 spiro atoms. The van der Waals surface area contributed by atoms with E-state index in [1.54, 1.807) is 10.4 Å². The third kappa shape index (κ3) is 4.91. The number of fused-ring (bicyclic) bond motifs is 1. The smallest absolute Gasteiger partial charge is 0.243 e. The van der Waals surface area contributed by atoms with E-state index in [9.17, 15) is 13.2 Å². The fraction of sp³-hybridized carbons (Fsp3) is 0.435. The second-order valence-electron chi connectivity index (χ2n) is 8.05. The summed E-state index contributed by atoms with van der Waals surface area (Å²) in [6.07, 6.45) is 3.91. The summed E-state index contributed by atoms with van der Waals surface area (Å²) in [6, 6.07) is 15.6. The second kappa shape index (κ2) is 9.29. The van der Waals surface area contributed by atoms with Gasteiger partial charge in [-0.05, 0) is 54.5 Å². The SMILES string of the molecule is O=C(CN1CCN(S(=O)(=O)c2ccc3c(c2)CCC3)CC1)NCCc1ccccc1. The van der Waals surface area contributed by atoms with Crippen LogP contribution in [-0.4, -0.2) is 62.8 Å². The van der Waals surface area contributed by atoms with Crippen molar-refractivity contribution in [2.75, 3.05) is 39.3 Å². The summed E-state index contributed by atoms with van der Waals surface area (Å²) in [6.45, 7) is 2.87. The molecule has 30 heavy (non-hydrogen) atoms. The molecule has 1 aliphatic heterocycles. The molecule has 1 fully saturated rings. The number of piperazine rings is 1. The number of aryl methyl sites for hydroxylation is 2. The molecule has 2 aromatic carbocycles. The van der Waals surface area contributed by atoms with Gasteiger partial charge in [-0.15, -0.1) is 0 Å². The Bertz CT molecular complexity index is 984. The van der Waals surface area contributed by atoms with E-state index in [4.69, 9.17) is 0 Å². The molecule has 1 N–H and O–H groups in total. The first-order valence-electron chi connectivity index (χ1n) is 10.7. The Morgan fingerprint density at radius 3 is 2.43 bits per heavy atom. The van der Waals surface area contributed by atoms with E-state index < -0.39 is 10.0 Å². The van der Waals surface area contributed by atoms with Gasteiger partial charge in [0.15, 0.2) is 0 Å². The molecular formula is C23H29N3O3S. The maximum atomic E-state index is 13.0. The molecule has 4 rings (SSSR count). The zero-order chi connectivity index (χ0) is 21.0. The van der Waals surface area contributed by atoms with Crippen LogP contribution in [0.15, 0.2) is 53.4 Å². The minimum Gasteiger partial charge on any atom is -0.355 e. The van der Waals surface area contributed by atoms with Crippen LogP contribution in [0.3, 0.4) is 0 Å². The first-order chi connectivity index (χ1) is 14.5. The topological polar surface area (TPSA) is 69.7 Å². The van der Waals surface area contributed by atoms with Crippen LogP contribution in [0.1, 0.15) is 23.1 Å². The van der Waals surface area contributed by atoms with E-state index in [-0.39, 0.29) is 5.91 Å². The van der Waals surface area contributed by atoms with Gasteiger partial charge in [-0.1, -0.05) is 36.4 Å². The van der Waals surface area contributed by atoms with Crippen LogP contribution in [0, 0.1) is 0 Å². The highest BCUT2D eigenvalue weighted by atomic mass is 32.2. The molecule has 0 saturated carbocycles. The number of benzene rings is 2. The third-order valence-corrected chi connectivity index (χ3v) is 7.88. The lowest BCUT2D eigenvalue weighted by atomic mass is 10.1. The van der Waals surface area contributed by atoms with Crippen molar-refractivity contribution in [2.45, 2.75) is 30.6 Å². The molecular weight excluding hydrogens is 398 g/mol. The molecule has 1 amide bonds. The molecule has 160 valence electrons. The van der Waals surface area contributed by atoms with E-state index in [0.717, 1.165) is 25.7 Å². The molecule has 0 bridgehead atoms. The minimum atomic E-state index is -3.47. The predicted octanol–water partition coefficient (Wildman–Crippen LogP) is 1.84. The van der Waals surface area contributed by atoms with Crippen molar-refractivity contribution in [1.82, 2.24) is 14.5 Å². The van der Waals surface area contributed by atoms with Crippen molar-refractivity contribution >= 4 is 15.9 Å². The van der Waals surface area contributed by atoms with Crippen molar-refractivity contribution in [1.29, 1.82) is 0 Å². The quantitative estimate of drug-likeness (QED) is 0.732. The number of carbonyl (C=O) groups is 1. The Hall–Kier alpha value is -2.22. The minimum absolute atomic E-state index is 0.0131. The molecule has 1 heterocycles. The van der Waals surface area contributed by atoms with Gasteiger partial charge in [0.25, 0.3) is 0 Å². The average molecular weight is 428 g/mol. The van der Waals surface area contributed by atoms with Crippen molar-refractivity contribution in [3.05, 3.63) is 65.2 Å². The van der Waals surface area contributed by atoms with Crippen LogP contribution in [0.25, 0.3) is 0 Å². The van der Waals surface area contributed by atoms with Gasteiger partial charge in [0, 0.05) is 32.7 Å². The monoisotopic (exact) mass is 427 g/mol. The van der Waals surface area contributed by atoms with Gasteiger partial charge in [-0.2, -0.15) is 4.31 Å². The fourth-order valence-electron chi connectivity index (χ4n) is 4.24. The molecule has 0 radical (unpaired) electrons. The van der Waals surface area contributed by atoms with Crippen LogP contribution in [0.4, 0.5) is 0 Å². The number of rotatable bonds is 7. The lowest BCUT2D eigenvalue weighted by Gasteiger charge is -2.33. The van der Waals surface area contributed by atoms with Gasteiger partial charge in [0.2, 0.25) is 15.9 Å². The third-order valence-electron chi connectivity index (χ3n) is 5.98. The van der Waals surface area contributed by atoms with Crippen LogP contribution in [0.2, 0.25) is 0 Å². The summed E-state index contributed by atoms with van der Waals surface area (Å²) >= 11 is 0. The molecule has 2 aromatic rings. The van der Waals surface area contributed by atoms with Crippen molar-refractivity contribution < 1.29 is 13.2 Å². The lowest BCUT2D eigenvalue weighted by Crippen LogP contribution is -2.51. The summed E-state index contributed by atoms with van der Waals surface area (Å²) in [4.78, 5) is 14.6. The molecule has 7 heteroatoms. The van der Waals surface area contributed by atoms with Gasteiger partial charge < -0.3 is 5.32 Å². The molecule has 1 saturated heterocycles. The fourth-order valence-corrected chi connectivity index (χ4v) is 5.71. The lowest BCUT2D eigenvalue weighted by molar-refractivity contribution is -0.122. The molecule has 0 atom stereocenters. The molecule has 1 aliphatic carbocycles. The Kier molecular flexibility index (Phi) is 6.51. The van der Waals surface area contributed by atoms with Crippen molar-refractivity contribution in [3.8, 4) is 0 Å². The zero-order valence-electron chi connectivity index (χ0n) is 17.2. The number of sulfonamides is 1. The highest BCUT2D eigenvalue weighted by Crippen LogP contribution is 2.26. The largest absolute Gasteiger partial charge is 0.355 e. The van der Waals surface area contributed by atoms with Crippen LogP contribution < -0.4 is 5.32 Å². The van der Waals surface area contributed by atoms with Crippen molar-refractivity contribution in [3.63, 3.8) is 0 Å². The Labute approximate surface area is 178 Å². The predicted molar refractivity (Wildman–Crippen MR) is 117 cm³/mol. The van der Waals surface area contributed by atoms with E-state index in [0.29, 0.717) is 44.2 Å². The zero-order valence-corrected chi connectivity index (χ0v) is 18.0. The highest BCUT2D eigenvalue weighted by Gasteiger charge is 2.29. The van der Waals surface area contributed by atoms with Crippen LogP contribution in [0.5, 0.6) is 0 Å². The van der Waals surface area contributed by atoms with Gasteiger partial charge >= 0.3 is 0 Å². The number of hydrogen-bond acceptors (Lipinski definition) is 4. The summed E-state index contributed by atoms with van der Waals surface area (Å²) in [5.74, 6) is -0.0131. The normalized spacial score (nSPS) is 17.6. The molecule has 2 aliphatic rings. The maximum absolute atomic E-state index is 13.0. The average Bonchev–Trinajstić information content (AvgIpc) is 3.23. The number of carbonyl (C=O) groups excluding carboxylic acids is 1. The van der Waals surface area contributed by atoms with E-state index in [2.05, 4.69) is 5.32 Å². The number of nitrogens with one attached hydrogen (secondary N) is 1. The van der Waals surface area contributed by atoms with Crippen LogP contribution in [-0.2, 0) is 34.1 Å². The Morgan fingerprint density at radius 2 is 1.67 bits per heavy atom. The summed E-state index contributed by atoms with van der Waals surface area (Å²) < 4.78 is 27.6. The Morgan fingerprint density at radius 1 is 0.933 bits per heavy atom. The first kappa shape index (κ1) is 21.0. The second-order valence-corrected chi connectivity index (χ2v) is 9.99. The Balaban J connectivity index is 1.24. The van der Waals surface area contributed by atoms with E-state index in [1.165, 1.54) is 16.7 Å². The number of hydrogen-bond donors (Lipinski definition) is 1. The molecule has 0 unspecified atom stereocenters. The summed E-state index contributed by atoms with van der Waals surface area (Å²) in [7, 11) is -3.47. The number of nitrogens with zero attached hydrogens (tertiary/aromatic N) is 2. The van der Waals surface area contributed by atoms with Gasteiger partial charge in [-0.3, -0.25) is 9.69 Å². The van der Waals surface area contributed by atoms with E-state index >= 15 is 0 Å². The number of amides is 1. The molecule has 6 nitrogen and oxygen atoms in total. The van der Waals surface area contributed by atoms with Gasteiger partial charge in [0.1, 0.15) is 0 Å². The van der Waals surface area contributed by atoms with E-state index in [1.807, 2.05) is 47.4 Å². The van der Waals surface area contributed by atoms with Crippen LogP contribution >= 0.6 is 0 Å². The standard InChI is InChI=1S/C23H29N3O3S/c27-23(24-12-11-19-5-2-1-3-6-19)18-25-13-15-26(16-14-25)30(28,29)22-10-9-20-7-4-8-21(20)17-22/h1-3,5-6,9-10,17H,4,7-8,11-16,18H2,(H,24,27). The van der Waals surface area contributed by atoms with Crippen molar-refractivity contribution in [2.24, 2.45) is 0 Å². The maximum Gasteiger partial charge on any atom is 0.243 e. The molecule has 0 aromatic heterocycles. The first-order valence-corrected chi connectivity index (χ1v) is 12.1. The van der Waals surface area contributed by atoms with Gasteiger partial charge in [0.05, 0.1) is 11.4 Å². The highest BCUT2D eigenvalue weighted by molar-refractivity contribution is 7.89.